The number of halogens is 2. The highest BCUT2D eigenvalue weighted by atomic mass is 79.9. The van der Waals surface area contributed by atoms with Gasteiger partial charge >= 0.3 is 0 Å². The maximum atomic E-state index is 11.7. The van der Waals surface area contributed by atoms with Crippen LogP contribution in [0.1, 0.15) is 21.5 Å². The third-order valence-corrected chi connectivity index (χ3v) is 5.25. The lowest BCUT2D eigenvalue weighted by Gasteiger charge is -2.14. The molecule has 2 aromatic rings. The quantitative estimate of drug-likeness (QED) is 0.677. The zero-order valence-corrected chi connectivity index (χ0v) is 14.8. The molecule has 0 N–H and O–H groups in total. The highest BCUT2D eigenvalue weighted by Crippen LogP contribution is 2.34. The molecule has 2 nitrogen and oxygen atoms in total. The van der Waals surface area contributed by atoms with Crippen molar-refractivity contribution in [3.63, 3.8) is 0 Å². The van der Waals surface area contributed by atoms with Gasteiger partial charge in [0.05, 0.1) is 6.42 Å². The molecule has 2 aromatic carbocycles. The zero-order valence-electron chi connectivity index (χ0n) is 11.6. The van der Waals surface area contributed by atoms with E-state index in [4.69, 9.17) is 0 Å². The van der Waals surface area contributed by atoms with Crippen molar-refractivity contribution in [3.05, 3.63) is 63.6 Å². The molecule has 1 aliphatic rings. The van der Waals surface area contributed by atoms with Gasteiger partial charge in [0.25, 0.3) is 0 Å². The minimum absolute atomic E-state index is 0.168. The average molecular weight is 409 g/mol. The first kappa shape index (κ1) is 14.8. The smallest absolute Gasteiger partial charge is 0.231 e. The van der Waals surface area contributed by atoms with Gasteiger partial charge in [0.2, 0.25) is 5.91 Å². The van der Waals surface area contributed by atoms with Gasteiger partial charge in [-0.2, -0.15) is 0 Å². The predicted molar refractivity (Wildman–Crippen MR) is 93.1 cm³/mol. The number of alkyl halides is 1. The van der Waals surface area contributed by atoms with E-state index in [1.54, 1.807) is 4.90 Å². The molecule has 0 saturated carbocycles. The number of likely N-dealkylation sites (N-methyl/N-ethyl adjacent to an activating group) is 1. The number of nitrogens with zero attached hydrogens (tertiary/aromatic N) is 1. The van der Waals surface area contributed by atoms with Gasteiger partial charge < -0.3 is 4.90 Å². The lowest BCUT2D eigenvalue weighted by Crippen LogP contribution is -2.20. The molecule has 1 aliphatic heterocycles. The molecule has 3 rings (SSSR count). The number of carbonyl (C=O) groups is 1. The van der Waals surface area contributed by atoms with Gasteiger partial charge in [-0.1, -0.05) is 56.1 Å². The molecule has 1 amide bonds. The van der Waals surface area contributed by atoms with Gasteiger partial charge in [0.15, 0.2) is 0 Å². The number of rotatable bonds is 3. The molecule has 4 heteroatoms. The van der Waals surface area contributed by atoms with Crippen LogP contribution in [0.5, 0.6) is 0 Å². The van der Waals surface area contributed by atoms with Crippen molar-refractivity contribution in [2.75, 3.05) is 11.9 Å². The summed E-state index contributed by atoms with van der Waals surface area (Å²) in [5.74, 6) is 0.168. The predicted octanol–water partition coefficient (Wildman–Crippen LogP) is 4.65. The van der Waals surface area contributed by atoms with Crippen LogP contribution in [0, 0.1) is 0 Å². The lowest BCUT2D eigenvalue weighted by atomic mass is 10.0. The van der Waals surface area contributed by atoms with Crippen molar-refractivity contribution in [1.82, 2.24) is 0 Å². The Morgan fingerprint density at radius 3 is 2.62 bits per heavy atom. The SMILES string of the molecule is CN1C(=O)Cc2cc(C(Br)Cc3ccc(Br)cc3)ccc21. The molecule has 0 aliphatic carbocycles. The molecule has 1 heterocycles. The summed E-state index contributed by atoms with van der Waals surface area (Å²) in [4.78, 5) is 13.7. The molecule has 0 bridgehead atoms. The molecular weight excluding hydrogens is 394 g/mol. The van der Waals surface area contributed by atoms with Crippen LogP contribution in [0.25, 0.3) is 0 Å². The van der Waals surface area contributed by atoms with Crippen LogP contribution >= 0.6 is 31.9 Å². The van der Waals surface area contributed by atoms with E-state index in [9.17, 15) is 4.79 Å². The summed E-state index contributed by atoms with van der Waals surface area (Å²) in [7, 11) is 1.83. The normalized spacial score (nSPS) is 15.2. The standard InChI is InChI=1S/C17H15Br2NO/c1-20-16-7-4-12(9-13(16)10-17(20)21)15(19)8-11-2-5-14(18)6-3-11/h2-7,9,15H,8,10H2,1H3. The summed E-state index contributed by atoms with van der Waals surface area (Å²) in [6.07, 6.45) is 1.44. The Labute approximate surface area is 141 Å². The highest BCUT2D eigenvalue weighted by molar-refractivity contribution is 9.10. The van der Waals surface area contributed by atoms with Crippen molar-refractivity contribution in [3.8, 4) is 0 Å². The van der Waals surface area contributed by atoms with Crippen LogP contribution < -0.4 is 4.90 Å². The zero-order chi connectivity index (χ0) is 15.0. The van der Waals surface area contributed by atoms with E-state index in [0.29, 0.717) is 6.42 Å². The summed E-state index contributed by atoms with van der Waals surface area (Å²) in [6, 6.07) is 14.7. The second kappa shape index (κ2) is 5.93. The molecular formula is C17H15Br2NO. The van der Waals surface area contributed by atoms with Crippen molar-refractivity contribution in [2.24, 2.45) is 0 Å². The molecule has 0 aromatic heterocycles. The van der Waals surface area contributed by atoms with Gasteiger partial charge in [-0.05, 0) is 41.3 Å². The molecule has 1 unspecified atom stereocenters. The Morgan fingerprint density at radius 2 is 1.90 bits per heavy atom. The number of hydrogen-bond donors (Lipinski definition) is 0. The number of amides is 1. The molecule has 0 spiro atoms. The van der Waals surface area contributed by atoms with E-state index < -0.39 is 0 Å². The Kier molecular flexibility index (Phi) is 4.18. The van der Waals surface area contributed by atoms with E-state index in [0.717, 1.165) is 22.1 Å². The van der Waals surface area contributed by atoms with Gasteiger partial charge in [-0.25, -0.2) is 0 Å². The fourth-order valence-corrected chi connectivity index (χ4v) is 3.55. The second-order valence-electron chi connectivity index (χ2n) is 5.32. The van der Waals surface area contributed by atoms with E-state index >= 15 is 0 Å². The van der Waals surface area contributed by atoms with Gasteiger partial charge in [-0.3, -0.25) is 4.79 Å². The first-order valence-electron chi connectivity index (χ1n) is 6.82. The van der Waals surface area contributed by atoms with Gasteiger partial charge in [0, 0.05) is 22.0 Å². The summed E-state index contributed by atoms with van der Waals surface area (Å²) < 4.78 is 1.09. The van der Waals surface area contributed by atoms with Gasteiger partial charge in [0.1, 0.15) is 0 Å². The molecule has 0 saturated heterocycles. The van der Waals surface area contributed by atoms with E-state index in [-0.39, 0.29) is 10.7 Å². The van der Waals surface area contributed by atoms with E-state index in [1.807, 2.05) is 13.1 Å². The lowest BCUT2D eigenvalue weighted by molar-refractivity contribution is -0.117. The average Bonchev–Trinajstić information content (AvgIpc) is 2.76. The van der Waals surface area contributed by atoms with Crippen LogP contribution in [0.15, 0.2) is 46.9 Å². The van der Waals surface area contributed by atoms with Crippen LogP contribution in [0.4, 0.5) is 5.69 Å². The van der Waals surface area contributed by atoms with Crippen molar-refractivity contribution in [1.29, 1.82) is 0 Å². The summed E-state index contributed by atoms with van der Waals surface area (Å²) >= 11 is 7.22. The second-order valence-corrected chi connectivity index (χ2v) is 7.34. The molecule has 0 fully saturated rings. The molecule has 21 heavy (non-hydrogen) atoms. The number of hydrogen-bond acceptors (Lipinski definition) is 1. The van der Waals surface area contributed by atoms with E-state index in [2.05, 4.69) is 68.3 Å². The van der Waals surface area contributed by atoms with Gasteiger partial charge in [-0.15, -0.1) is 0 Å². The Morgan fingerprint density at radius 1 is 1.19 bits per heavy atom. The first-order chi connectivity index (χ1) is 10.0. The monoisotopic (exact) mass is 407 g/mol. The maximum Gasteiger partial charge on any atom is 0.231 e. The fraction of sp³-hybridized carbons (Fsp3) is 0.235. The van der Waals surface area contributed by atoms with Crippen LogP contribution in [0.2, 0.25) is 0 Å². The van der Waals surface area contributed by atoms with Crippen molar-refractivity contribution in [2.45, 2.75) is 17.7 Å². The number of fused-ring (bicyclic) bond motifs is 1. The minimum atomic E-state index is 0.168. The number of carbonyl (C=O) groups excluding carboxylic acids is 1. The van der Waals surface area contributed by atoms with E-state index in [1.165, 1.54) is 11.1 Å². The number of anilines is 1. The number of benzene rings is 2. The molecule has 108 valence electrons. The van der Waals surface area contributed by atoms with Crippen LogP contribution in [-0.4, -0.2) is 13.0 Å². The molecule has 1 atom stereocenters. The van der Waals surface area contributed by atoms with Crippen LogP contribution in [-0.2, 0) is 17.6 Å². The first-order valence-corrected chi connectivity index (χ1v) is 8.53. The Balaban J connectivity index is 1.80. The minimum Gasteiger partial charge on any atom is -0.315 e. The Hall–Kier alpha value is -1.13. The topological polar surface area (TPSA) is 20.3 Å². The van der Waals surface area contributed by atoms with Crippen LogP contribution in [0.3, 0.4) is 0 Å². The summed E-state index contributed by atoms with van der Waals surface area (Å²) in [5.41, 5.74) is 4.67. The highest BCUT2D eigenvalue weighted by Gasteiger charge is 2.24. The van der Waals surface area contributed by atoms with Crippen molar-refractivity contribution >= 4 is 43.5 Å². The summed E-state index contributed by atoms with van der Waals surface area (Å²) in [6.45, 7) is 0. The third-order valence-electron chi connectivity index (χ3n) is 3.87. The third kappa shape index (κ3) is 3.06. The maximum absolute atomic E-state index is 11.7. The molecule has 0 radical (unpaired) electrons. The largest absolute Gasteiger partial charge is 0.315 e. The fourth-order valence-electron chi connectivity index (χ4n) is 2.63. The summed E-state index contributed by atoms with van der Waals surface area (Å²) in [5, 5.41) is 0. The van der Waals surface area contributed by atoms with Crippen molar-refractivity contribution < 1.29 is 4.79 Å². The Bertz CT molecular complexity index is 682.